The van der Waals surface area contributed by atoms with Gasteiger partial charge in [-0.25, -0.2) is 14.8 Å². The van der Waals surface area contributed by atoms with Crippen molar-refractivity contribution in [3.63, 3.8) is 0 Å². The fraction of sp³-hybridized carbons (Fsp3) is 0.333. The van der Waals surface area contributed by atoms with Crippen LogP contribution >= 0.6 is 0 Å². The third-order valence-electron chi connectivity index (χ3n) is 4.40. The average Bonchev–Trinajstić information content (AvgIpc) is 2.57. The first-order chi connectivity index (χ1) is 11.6. The number of aromatic carboxylic acids is 1. The molecular formula is C18H19N3O3. The molecule has 6 heteroatoms. The number of aromatic nitrogens is 2. The SMILES string of the molecule is O=C(O)c1cnc(C(=O)NC(CC2CCC2)c2ccccc2)cn1. The van der Waals surface area contributed by atoms with Gasteiger partial charge in [-0.3, -0.25) is 4.79 Å². The van der Waals surface area contributed by atoms with Gasteiger partial charge in [0.25, 0.3) is 5.91 Å². The summed E-state index contributed by atoms with van der Waals surface area (Å²) in [7, 11) is 0. The van der Waals surface area contributed by atoms with E-state index in [-0.39, 0.29) is 23.3 Å². The van der Waals surface area contributed by atoms with E-state index in [4.69, 9.17) is 5.11 Å². The Morgan fingerprint density at radius 1 is 1.12 bits per heavy atom. The average molecular weight is 325 g/mol. The first-order valence-corrected chi connectivity index (χ1v) is 8.04. The summed E-state index contributed by atoms with van der Waals surface area (Å²) in [5.74, 6) is -0.870. The van der Waals surface area contributed by atoms with Crippen molar-refractivity contribution in [2.45, 2.75) is 31.7 Å². The lowest BCUT2D eigenvalue weighted by Gasteiger charge is -2.30. The van der Waals surface area contributed by atoms with Crippen molar-refractivity contribution in [3.8, 4) is 0 Å². The quantitative estimate of drug-likeness (QED) is 0.852. The highest BCUT2D eigenvalue weighted by atomic mass is 16.4. The second-order valence-corrected chi connectivity index (χ2v) is 6.06. The number of hydrogen-bond acceptors (Lipinski definition) is 4. The fourth-order valence-electron chi connectivity index (χ4n) is 2.81. The van der Waals surface area contributed by atoms with E-state index < -0.39 is 5.97 Å². The molecule has 1 unspecified atom stereocenters. The molecule has 1 fully saturated rings. The van der Waals surface area contributed by atoms with Gasteiger partial charge in [-0.1, -0.05) is 49.6 Å². The summed E-state index contributed by atoms with van der Waals surface area (Å²) >= 11 is 0. The lowest BCUT2D eigenvalue weighted by Crippen LogP contribution is -2.32. The van der Waals surface area contributed by atoms with Crippen LogP contribution in [-0.2, 0) is 0 Å². The van der Waals surface area contributed by atoms with E-state index in [9.17, 15) is 9.59 Å². The Bertz CT molecular complexity index is 712. The molecule has 0 saturated heterocycles. The zero-order chi connectivity index (χ0) is 16.9. The van der Waals surface area contributed by atoms with Gasteiger partial charge in [0.15, 0.2) is 5.69 Å². The summed E-state index contributed by atoms with van der Waals surface area (Å²) in [6.45, 7) is 0. The summed E-state index contributed by atoms with van der Waals surface area (Å²) in [5, 5.41) is 11.8. The van der Waals surface area contributed by atoms with E-state index in [1.807, 2.05) is 30.3 Å². The van der Waals surface area contributed by atoms with Gasteiger partial charge in [0.05, 0.1) is 18.4 Å². The molecule has 1 aliphatic carbocycles. The van der Waals surface area contributed by atoms with E-state index in [2.05, 4.69) is 15.3 Å². The summed E-state index contributed by atoms with van der Waals surface area (Å²) in [6, 6.07) is 9.78. The first kappa shape index (κ1) is 16.1. The molecule has 124 valence electrons. The third-order valence-corrected chi connectivity index (χ3v) is 4.40. The highest BCUT2D eigenvalue weighted by molar-refractivity contribution is 5.93. The summed E-state index contributed by atoms with van der Waals surface area (Å²) < 4.78 is 0. The van der Waals surface area contributed by atoms with Crippen LogP contribution in [0, 0.1) is 5.92 Å². The van der Waals surface area contributed by atoms with Crippen molar-refractivity contribution in [2.24, 2.45) is 5.92 Å². The Morgan fingerprint density at radius 3 is 2.33 bits per heavy atom. The number of hydrogen-bond donors (Lipinski definition) is 2. The Morgan fingerprint density at radius 2 is 1.79 bits per heavy atom. The number of amides is 1. The minimum Gasteiger partial charge on any atom is -0.476 e. The Labute approximate surface area is 140 Å². The minimum atomic E-state index is -1.17. The van der Waals surface area contributed by atoms with Gasteiger partial charge in [-0.15, -0.1) is 0 Å². The Hall–Kier alpha value is -2.76. The second-order valence-electron chi connectivity index (χ2n) is 6.06. The van der Waals surface area contributed by atoms with Crippen LogP contribution in [-0.4, -0.2) is 27.0 Å². The lowest BCUT2D eigenvalue weighted by molar-refractivity contribution is 0.0688. The molecule has 0 aliphatic heterocycles. The molecule has 0 bridgehead atoms. The maximum Gasteiger partial charge on any atom is 0.356 e. The van der Waals surface area contributed by atoms with E-state index in [1.54, 1.807) is 0 Å². The molecule has 2 aromatic rings. The van der Waals surface area contributed by atoms with Gasteiger partial charge < -0.3 is 10.4 Å². The number of carbonyl (C=O) groups excluding carboxylic acids is 1. The lowest BCUT2D eigenvalue weighted by atomic mass is 9.79. The molecule has 24 heavy (non-hydrogen) atoms. The van der Waals surface area contributed by atoms with Crippen LogP contribution in [0.5, 0.6) is 0 Å². The van der Waals surface area contributed by atoms with Gasteiger partial charge in [0.1, 0.15) is 5.69 Å². The van der Waals surface area contributed by atoms with Crippen LogP contribution in [0.4, 0.5) is 0 Å². The molecule has 1 aliphatic rings. The smallest absolute Gasteiger partial charge is 0.356 e. The van der Waals surface area contributed by atoms with Crippen LogP contribution in [0.15, 0.2) is 42.7 Å². The summed E-state index contributed by atoms with van der Waals surface area (Å²) in [4.78, 5) is 30.9. The second kappa shape index (κ2) is 7.21. The van der Waals surface area contributed by atoms with Crippen molar-refractivity contribution < 1.29 is 14.7 Å². The maximum atomic E-state index is 12.4. The van der Waals surface area contributed by atoms with Crippen molar-refractivity contribution in [2.75, 3.05) is 0 Å². The molecule has 1 aromatic carbocycles. The molecule has 1 aromatic heterocycles. The number of benzene rings is 1. The molecule has 1 amide bonds. The topological polar surface area (TPSA) is 92.2 Å². The number of carboxylic acids is 1. The van der Waals surface area contributed by atoms with Gasteiger partial charge in [-0.2, -0.15) is 0 Å². The number of carbonyl (C=O) groups is 2. The molecule has 0 spiro atoms. The van der Waals surface area contributed by atoms with Crippen molar-refractivity contribution in [1.82, 2.24) is 15.3 Å². The Kier molecular flexibility index (Phi) is 4.84. The monoisotopic (exact) mass is 325 g/mol. The van der Waals surface area contributed by atoms with E-state index in [0.717, 1.165) is 18.2 Å². The van der Waals surface area contributed by atoms with Crippen molar-refractivity contribution in [3.05, 3.63) is 59.7 Å². The van der Waals surface area contributed by atoms with Crippen LogP contribution in [0.2, 0.25) is 0 Å². The maximum absolute atomic E-state index is 12.4. The molecule has 1 heterocycles. The molecule has 2 N–H and O–H groups in total. The predicted octanol–water partition coefficient (Wildman–Crippen LogP) is 2.84. The van der Waals surface area contributed by atoms with Crippen LogP contribution in [0.25, 0.3) is 0 Å². The molecule has 6 nitrogen and oxygen atoms in total. The van der Waals surface area contributed by atoms with Gasteiger partial charge in [0, 0.05) is 0 Å². The number of carboxylic acid groups (broad SMARTS) is 1. The van der Waals surface area contributed by atoms with Crippen LogP contribution in [0.1, 0.15) is 58.3 Å². The normalized spacial score (nSPS) is 15.3. The predicted molar refractivity (Wildman–Crippen MR) is 87.6 cm³/mol. The van der Waals surface area contributed by atoms with Gasteiger partial charge >= 0.3 is 5.97 Å². The number of nitrogens with one attached hydrogen (secondary N) is 1. The highest BCUT2D eigenvalue weighted by Crippen LogP contribution is 2.34. The van der Waals surface area contributed by atoms with Gasteiger partial charge in [-0.05, 0) is 17.9 Å². The fourth-order valence-corrected chi connectivity index (χ4v) is 2.81. The van der Waals surface area contributed by atoms with Crippen molar-refractivity contribution >= 4 is 11.9 Å². The molecular weight excluding hydrogens is 306 g/mol. The first-order valence-electron chi connectivity index (χ1n) is 8.04. The third kappa shape index (κ3) is 3.76. The van der Waals surface area contributed by atoms with Crippen LogP contribution in [0.3, 0.4) is 0 Å². The van der Waals surface area contributed by atoms with E-state index in [0.29, 0.717) is 5.92 Å². The number of nitrogens with zero attached hydrogens (tertiary/aromatic N) is 2. The molecule has 1 saturated carbocycles. The minimum absolute atomic E-state index is 0.0787. The van der Waals surface area contributed by atoms with Gasteiger partial charge in [0.2, 0.25) is 0 Å². The zero-order valence-electron chi connectivity index (χ0n) is 13.2. The van der Waals surface area contributed by atoms with E-state index in [1.165, 1.54) is 25.5 Å². The van der Waals surface area contributed by atoms with E-state index >= 15 is 0 Å². The molecule has 1 atom stereocenters. The molecule has 0 radical (unpaired) electrons. The highest BCUT2D eigenvalue weighted by Gasteiger charge is 2.25. The summed E-state index contributed by atoms with van der Waals surface area (Å²) in [6.07, 6.45) is 6.85. The van der Waals surface area contributed by atoms with Crippen LogP contribution < -0.4 is 5.32 Å². The standard InChI is InChI=1S/C18H19N3O3/c22-17(15-10-20-16(11-19-15)18(23)24)21-14(9-12-5-4-6-12)13-7-2-1-3-8-13/h1-3,7-8,10-12,14H,4-6,9H2,(H,21,22)(H,23,24). The van der Waals surface area contributed by atoms with Crippen molar-refractivity contribution in [1.29, 1.82) is 0 Å². The largest absolute Gasteiger partial charge is 0.476 e. The summed E-state index contributed by atoms with van der Waals surface area (Å²) in [5.41, 5.74) is 1.00. The zero-order valence-corrected chi connectivity index (χ0v) is 13.2. The Balaban J connectivity index is 1.73. The number of rotatable bonds is 6. The molecule has 3 rings (SSSR count).